The van der Waals surface area contributed by atoms with E-state index in [1.165, 1.54) is 0 Å². The highest BCUT2D eigenvalue weighted by Crippen LogP contribution is 2.30. The third-order valence-electron chi connectivity index (χ3n) is 2.94. The minimum absolute atomic E-state index is 0.207. The molecule has 0 aliphatic heterocycles. The van der Waals surface area contributed by atoms with Gasteiger partial charge in [-0.05, 0) is 24.3 Å². The normalized spacial score (nSPS) is 12.3. The first kappa shape index (κ1) is 13.8. The Bertz CT molecular complexity index is 566. The Morgan fingerprint density at radius 3 is 2.95 bits per heavy atom. The highest BCUT2D eigenvalue weighted by molar-refractivity contribution is 6.21. The average Bonchev–Trinajstić information content (AvgIpc) is 2.44. The molecule has 1 heterocycles. The first-order chi connectivity index (χ1) is 9.22. The van der Waals surface area contributed by atoms with Crippen LogP contribution in [0.2, 0.25) is 0 Å². The van der Waals surface area contributed by atoms with Crippen LogP contribution in [0.5, 0.6) is 0 Å². The van der Waals surface area contributed by atoms with Gasteiger partial charge in [-0.2, -0.15) is 0 Å². The molecular formula is C15H16ClNO2. The van der Waals surface area contributed by atoms with Crippen LogP contribution in [0.4, 0.5) is 0 Å². The van der Waals surface area contributed by atoms with Gasteiger partial charge in [0.2, 0.25) is 0 Å². The van der Waals surface area contributed by atoms with Crippen LogP contribution in [-0.2, 0) is 9.53 Å². The van der Waals surface area contributed by atoms with Crippen LogP contribution in [0.25, 0.3) is 10.8 Å². The predicted octanol–water partition coefficient (Wildman–Crippen LogP) is 3.86. The topological polar surface area (TPSA) is 39.2 Å². The van der Waals surface area contributed by atoms with Gasteiger partial charge in [-0.15, -0.1) is 11.6 Å². The Labute approximate surface area is 117 Å². The number of carbonyl (C=O) groups is 1. The molecule has 0 saturated carbocycles. The third-order valence-corrected chi connectivity index (χ3v) is 3.40. The summed E-state index contributed by atoms with van der Waals surface area (Å²) < 4.78 is 4.90. The molecule has 0 bridgehead atoms. The van der Waals surface area contributed by atoms with Crippen molar-refractivity contribution in [2.75, 3.05) is 6.61 Å². The second kappa shape index (κ2) is 6.53. The molecule has 0 saturated heterocycles. The fraction of sp³-hybridized carbons (Fsp3) is 0.333. The van der Waals surface area contributed by atoms with Crippen molar-refractivity contribution in [1.29, 1.82) is 0 Å². The summed E-state index contributed by atoms with van der Waals surface area (Å²) in [5, 5.41) is 1.91. The number of nitrogens with zero attached hydrogens (tertiary/aromatic N) is 1. The van der Waals surface area contributed by atoms with Gasteiger partial charge in [-0.3, -0.25) is 9.78 Å². The number of ether oxygens (including phenoxy) is 1. The molecule has 1 unspecified atom stereocenters. The maximum absolute atomic E-state index is 11.3. The number of hydrogen-bond acceptors (Lipinski definition) is 3. The molecule has 0 fully saturated rings. The van der Waals surface area contributed by atoms with Crippen molar-refractivity contribution in [3.63, 3.8) is 0 Å². The summed E-state index contributed by atoms with van der Waals surface area (Å²) in [6.07, 6.45) is 4.46. The Morgan fingerprint density at radius 1 is 1.37 bits per heavy atom. The number of carbonyl (C=O) groups excluding carboxylic acids is 1. The van der Waals surface area contributed by atoms with Gasteiger partial charge in [-0.25, -0.2) is 0 Å². The van der Waals surface area contributed by atoms with Crippen LogP contribution in [0.1, 0.15) is 30.7 Å². The standard InChI is InChI=1S/C15H16ClNO2/c1-2-19-15(18)8-7-14(16)13-10-17-9-11-5-3-4-6-12(11)13/h3-6,9-10,14H,2,7-8H2,1H3. The first-order valence-electron chi connectivity index (χ1n) is 6.34. The van der Waals surface area contributed by atoms with Gasteiger partial charge in [0.15, 0.2) is 0 Å². The predicted molar refractivity (Wildman–Crippen MR) is 76.2 cm³/mol. The van der Waals surface area contributed by atoms with E-state index in [4.69, 9.17) is 16.3 Å². The van der Waals surface area contributed by atoms with Gasteiger partial charge >= 0.3 is 5.97 Å². The SMILES string of the molecule is CCOC(=O)CCC(Cl)c1cncc2ccccc12. The number of aromatic nitrogens is 1. The van der Waals surface area contributed by atoms with Crippen LogP contribution in [0.15, 0.2) is 36.7 Å². The zero-order chi connectivity index (χ0) is 13.7. The van der Waals surface area contributed by atoms with E-state index in [9.17, 15) is 4.79 Å². The summed E-state index contributed by atoms with van der Waals surface area (Å²) in [4.78, 5) is 15.5. The van der Waals surface area contributed by atoms with E-state index in [1.54, 1.807) is 13.1 Å². The van der Waals surface area contributed by atoms with Crippen molar-refractivity contribution >= 4 is 28.3 Å². The van der Waals surface area contributed by atoms with Crippen LogP contribution in [0, 0.1) is 0 Å². The van der Waals surface area contributed by atoms with E-state index >= 15 is 0 Å². The lowest BCUT2D eigenvalue weighted by atomic mass is 10.0. The number of fused-ring (bicyclic) bond motifs is 1. The van der Waals surface area contributed by atoms with Gasteiger partial charge in [0.1, 0.15) is 0 Å². The molecule has 1 aromatic carbocycles. The molecule has 3 nitrogen and oxygen atoms in total. The van der Waals surface area contributed by atoms with E-state index in [0.29, 0.717) is 19.4 Å². The van der Waals surface area contributed by atoms with Gasteiger partial charge in [-0.1, -0.05) is 24.3 Å². The summed E-state index contributed by atoms with van der Waals surface area (Å²) in [7, 11) is 0. The van der Waals surface area contributed by atoms with Crippen molar-refractivity contribution in [3.8, 4) is 0 Å². The number of benzene rings is 1. The molecule has 4 heteroatoms. The largest absolute Gasteiger partial charge is 0.466 e. The Morgan fingerprint density at radius 2 is 2.16 bits per heavy atom. The first-order valence-corrected chi connectivity index (χ1v) is 6.78. The number of hydrogen-bond donors (Lipinski definition) is 0. The summed E-state index contributed by atoms with van der Waals surface area (Å²) in [6, 6.07) is 7.96. The lowest BCUT2D eigenvalue weighted by Crippen LogP contribution is -2.05. The highest BCUT2D eigenvalue weighted by atomic mass is 35.5. The molecule has 0 amide bonds. The maximum atomic E-state index is 11.3. The molecule has 0 spiro atoms. The molecule has 2 aromatic rings. The van der Waals surface area contributed by atoms with Crippen LogP contribution in [-0.4, -0.2) is 17.6 Å². The number of esters is 1. The fourth-order valence-electron chi connectivity index (χ4n) is 2.02. The molecule has 1 aromatic heterocycles. The summed E-state index contributed by atoms with van der Waals surface area (Å²) >= 11 is 6.38. The quantitative estimate of drug-likeness (QED) is 0.615. The van der Waals surface area contributed by atoms with Crippen LogP contribution < -0.4 is 0 Å². The van der Waals surface area contributed by atoms with Gasteiger partial charge in [0.05, 0.1) is 12.0 Å². The number of pyridine rings is 1. The van der Waals surface area contributed by atoms with Crippen LogP contribution >= 0.6 is 11.6 Å². The minimum Gasteiger partial charge on any atom is -0.466 e. The van der Waals surface area contributed by atoms with Crippen molar-refractivity contribution in [2.45, 2.75) is 25.1 Å². The molecule has 1 atom stereocenters. The molecule has 0 aliphatic carbocycles. The Kier molecular flexibility index (Phi) is 4.74. The van der Waals surface area contributed by atoms with E-state index in [0.717, 1.165) is 16.3 Å². The van der Waals surface area contributed by atoms with Crippen molar-refractivity contribution in [2.24, 2.45) is 0 Å². The van der Waals surface area contributed by atoms with Gasteiger partial charge in [0, 0.05) is 24.2 Å². The lowest BCUT2D eigenvalue weighted by Gasteiger charge is -2.11. The zero-order valence-corrected chi connectivity index (χ0v) is 11.6. The Balaban J connectivity index is 2.13. The highest BCUT2D eigenvalue weighted by Gasteiger charge is 2.14. The molecule has 100 valence electrons. The molecule has 19 heavy (non-hydrogen) atoms. The lowest BCUT2D eigenvalue weighted by molar-refractivity contribution is -0.143. The summed E-state index contributed by atoms with van der Waals surface area (Å²) in [5.41, 5.74) is 0.962. The van der Waals surface area contributed by atoms with E-state index in [1.807, 2.05) is 30.5 Å². The zero-order valence-electron chi connectivity index (χ0n) is 10.8. The molecular weight excluding hydrogens is 262 g/mol. The summed E-state index contributed by atoms with van der Waals surface area (Å²) in [5.74, 6) is -0.207. The summed E-state index contributed by atoms with van der Waals surface area (Å²) in [6.45, 7) is 2.20. The smallest absolute Gasteiger partial charge is 0.305 e. The number of halogens is 1. The van der Waals surface area contributed by atoms with E-state index < -0.39 is 0 Å². The third kappa shape index (κ3) is 3.44. The fourth-order valence-corrected chi connectivity index (χ4v) is 2.31. The Hall–Kier alpha value is -1.61. The van der Waals surface area contributed by atoms with Crippen molar-refractivity contribution in [1.82, 2.24) is 4.98 Å². The monoisotopic (exact) mass is 277 g/mol. The molecule has 0 N–H and O–H groups in total. The van der Waals surface area contributed by atoms with Crippen LogP contribution in [0.3, 0.4) is 0 Å². The second-order valence-corrected chi connectivity index (χ2v) is 4.79. The molecule has 0 radical (unpaired) electrons. The second-order valence-electron chi connectivity index (χ2n) is 4.26. The average molecular weight is 278 g/mol. The molecule has 0 aliphatic rings. The number of rotatable bonds is 5. The van der Waals surface area contributed by atoms with Gasteiger partial charge < -0.3 is 4.74 Å². The number of alkyl halides is 1. The molecule has 2 rings (SSSR count). The minimum atomic E-state index is -0.233. The van der Waals surface area contributed by atoms with E-state index in [2.05, 4.69) is 4.98 Å². The van der Waals surface area contributed by atoms with E-state index in [-0.39, 0.29) is 11.3 Å². The maximum Gasteiger partial charge on any atom is 0.305 e. The van der Waals surface area contributed by atoms with Crippen molar-refractivity contribution < 1.29 is 9.53 Å². The van der Waals surface area contributed by atoms with Gasteiger partial charge in [0.25, 0.3) is 0 Å². The van der Waals surface area contributed by atoms with Crippen molar-refractivity contribution in [3.05, 3.63) is 42.2 Å².